The molecular weight excluding hydrogens is 246 g/mol. The Hall–Kier alpha value is -1.06. The fourth-order valence-corrected chi connectivity index (χ4v) is 2.84. The topological polar surface area (TPSA) is 32.5 Å². The molecule has 1 aromatic carbocycles. The second-order valence-corrected chi connectivity index (χ2v) is 6.00. The van der Waals surface area contributed by atoms with Crippen molar-refractivity contribution in [2.75, 3.05) is 37.6 Å². The van der Waals surface area contributed by atoms with Crippen LogP contribution in [-0.2, 0) is 0 Å². The van der Waals surface area contributed by atoms with Gasteiger partial charge < -0.3 is 10.6 Å². The molecule has 2 N–H and O–H groups in total. The Kier molecular flexibility index (Phi) is 5.44. The highest BCUT2D eigenvalue weighted by molar-refractivity contribution is 5.56. The lowest BCUT2D eigenvalue weighted by Gasteiger charge is -2.37. The third kappa shape index (κ3) is 3.74. The first-order valence-corrected chi connectivity index (χ1v) is 7.91. The number of aryl methyl sites for hydroxylation is 1. The van der Waals surface area contributed by atoms with Gasteiger partial charge in [-0.05, 0) is 50.4 Å². The number of piperazine rings is 1. The van der Waals surface area contributed by atoms with Crippen LogP contribution in [0.2, 0.25) is 0 Å². The van der Waals surface area contributed by atoms with Gasteiger partial charge in [0.1, 0.15) is 0 Å². The number of rotatable bonds is 5. The van der Waals surface area contributed by atoms with Crippen molar-refractivity contribution in [3.05, 3.63) is 29.3 Å². The van der Waals surface area contributed by atoms with E-state index < -0.39 is 0 Å². The zero-order valence-corrected chi connectivity index (χ0v) is 13.2. The van der Waals surface area contributed by atoms with Crippen LogP contribution in [0.4, 0.5) is 5.69 Å². The summed E-state index contributed by atoms with van der Waals surface area (Å²) in [4.78, 5) is 5.08. The molecule has 1 saturated heterocycles. The zero-order valence-electron chi connectivity index (χ0n) is 13.2. The quantitative estimate of drug-likeness (QED) is 0.896. The van der Waals surface area contributed by atoms with Crippen LogP contribution in [0.1, 0.15) is 30.9 Å². The average molecular weight is 275 g/mol. The summed E-state index contributed by atoms with van der Waals surface area (Å²) >= 11 is 0. The number of anilines is 1. The molecule has 1 aliphatic heterocycles. The van der Waals surface area contributed by atoms with Gasteiger partial charge in [0.2, 0.25) is 0 Å². The second kappa shape index (κ2) is 7.09. The van der Waals surface area contributed by atoms with Gasteiger partial charge in [0.05, 0.1) is 0 Å². The van der Waals surface area contributed by atoms with Gasteiger partial charge in [0, 0.05) is 37.9 Å². The molecule has 20 heavy (non-hydrogen) atoms. The second-order valence-electron chi connectivity index (χ2n) is 6.00. The van der Waals surface area contributed by atoms with Crippen molar-refractivity contribution in [3.63, 3.8) is 0 Å². The van der Waals surface area contributed by atoms with E-state index in [9.17, 15) is 0 Å². The Balaban J connectivity index is 1.86. The highest BCUT2D eigenvalue weighted by atomic mass is 15.3. The maximum Gasteiger partial charge on any atom is 0.0399 e. The lowest BCUT2D eigenvalue weighted by molar-refractivity contribution is 0.247. The monoisotopic (exact) mass is 275 g/mol. The molecule has 1 aliphatic rings. The molecule has 0 spiro atoms. The lowest BCUT2D eigenvalue weighted by atomic mass is 10.1. The minimum Gasteiger partial charge on any atom is -0.369 e. The predicted octanol–water partition coefficient (Wildman–Crippen LogP) is 2.55. The average Bonchev–Trinajstić information content (AvgIpc) is 2.48. The van der Waals surface area contributed by atoms with E-state index in [2.05, 4.69) is 48.8 Å². The van der Waals surface area contributed by atoms with Crippen molar-refractivity contribution in [2.45, 2.75) is 39.7 Å². The summed E-state index contributed by atoms with van der Waals surface area (Å²) in [6, 6.07) is 6.99. The standard InChI is InChI=1S/C17H29N3/c1-4-16(18)8-9-19-10-12-20(13-11-19)17-7-5-6-14(2)15(17)3/h5-7,16H,4,8-13,18H2,1-3H3. The Bertz CT molecular complexity index is 422. The molecule has 0 bridgehead atoms. The minimum absolute atomic E-state index is 0.368. The minimum atomic E-state index is 0.368. The van der Waals surface area contributed by atoms with E-state index in [4.69, 9.17) is 5.73 Å². The van der Waals surface area contributed by atoms with Gasteiger partial charge >= 0.3 is 0 Å². The SMILES string of the molecule is CCC(N)CCN1CCN(c2cccc(C)c2C)CC1. The molecule has 112 valence electrons. The maximum absolute atomic E-state index is 6.01. The van der Waals surface area contributed by atoms with Crippen LogP contribution >= 0.6 is 0 Å². The van der Waals surface area contributed by atoms with Crippen molar-refractivity contribution in [1.29, 1.82) is 0 Å². The molecule has 3 heteroatoms. The molecule has 1 aromatic rings. The number of nitrogens with two attached hydrogens (primary N) is 1. The summed E-state index contributed by atoms with van der Waals surface area (Å²) in [5, 5.41) is 0. The van der Waals surface area contributed by atoms with Gasteiger partial charge in [-0.3, -0.25) is 4.90 Å². The highest BCUT2D eigenvalue weighted by Crippen LogP contribution is 2.23. The number of hydrogen-bond acceptors (Lipinski definition) is 3. The van der Waals surface area contributed by atoms with Crippen LogP contribution in [0.3, 0.4) is 0 Å². The molecule has 1 unspecified atom stereocenters. The molecule has 1 heterocycles. The van der Waals surface area contributed by atoms with Gasteiger partial charge in [-0.25, -0.2) is 0 Å². The fraction of sp³-hybridized carbons (Fsp3) is 0.647. The third-order valence-electron chi connectivity index (χ3n) is 4.63. The fourth-order valence-electron chi connectivity index (χ4n) is 2.84. The first-order chi connectivity index (χ1) is 9.61. The van der Waals surface area contributed by atoms with Crippen LogP contribution in [0, 0.1) is 13.8 Å². The summed E-state index contributed by atoms with van der Waals surface area (Å²) < 4.78 is 0. The number of hydrogen-bond donors (Lipinski definition) is 1. The molecule has 2 rings (SSSR count). The van der Waals surface area contributed by atoms with Crippen molar-refractivity contribution < 1.29 is 0 Å². The molecule has 1 fully saturated rings. The van der Waals surface area contributed by atoms with Crippen LogP contribution in [0.25, 0.3) is 0 Å². The first-order valence-electron chi connectivity index (χ1n) is 7.91. The van der Waals surface area contributed by atoms with E-state index in [1.807, 2.05) is 0 Å². The van der Waals surface area contributed by atoms with Crippen molar-refractivity contribution in [1.82, 2.24) is 4.90 Å². The Morgan fingerprint density at radius 1 is 1.15 bits per heavy atom. The van der Waals surface area contributed by atoms with Crippen LogP contribution in [-0.4, -0.2) is 43.7 Å². The van der Waals surface area contributed by atoms with Gasteiger partial charge in [-0.1, -0.05) is 19.1 Å². The largest absolute Gasteiger partial charge is 0.369 e. The maximum atomic E-state index is 6.01. The number of benzene rings is 1. The van der Waals surface area contributed by atoms with Crippen LogP contribution in [0.15, 0.2) is 18.2 Å². The van der Waals surface area contributed by atoms with Crippen LogP contribution in [0.5, 0.6) is 0 Å². The van der Waals surface area contributed by atoms with Crippen LogP contribution < -0.4 is 10.6 Å². The Morgan fingerprint density at radius 3 is 2.50 bits per heavy atom. The van der Waals surface area contributed by atoms with Crippen molar-refractivity contribution in [2.24, 2.45) is 5.73 Å². The molecule has 0 amide bonds. The Labute approximate surface area is 123 Å². The van der Waals surface area contributed by atoms with E-state index >= 15 is 0 Å². The van der Waals surface area contributed by atoms with Gasteiger partial charge in [0.15, 0.2) is 0 Å². The summed E-state index contributed by atoms with van der Waals surface area (Å²) in [6.45, 7) is 12.3. The first kappa shape index (κ1) is 15.3. The van der Waals surface area contributed by atoms with E-state index in [1.54, 1.807) is 0 Å². The highest BCUT2D eigenvalue weighted by Gasteiger charge is 2.18. The summed E-state index contributed by atoms with van der Waals surface area (Å²) in [6.07, 6.45) is 2.21. The molecular formula is C17H29N3. The lowest BCUT2D eigenvalue weighted by Crippen LogP contribution is -2.47. The molecule has 3 nitrogen and oxygen atoms in total. The summed E-state index contributed by atoms with van der Waals surface area (Å²) in [5.41, 5.74) is 10.2. The molecule has 1 atom stereocenters. The molecule has 0 aromatic heterocycles. The molecule has 0 saturated carbocycles. The van der Waals surface area contributed by atoms with E-state index in [-0.39, 0.29) is 0 Å². The Morgan fingerprint density at radius 2 is 1.85 bits per heavy atom. The van der Waals surface area contributed by atoms with E-state index in [0.717, 1.165) is 45.6 Å². The van der Waals surface area contributed by atoms with Gasteiger partial charge in [0.25, 0.3) is 0 Å². The normalized spacial score (nSPS) is 18.3. The smallest absolute Gasteiger partial charge is 0.0399 e. The van der Waals surface area contributed by atoms with Crippen molar-refractivity contribution >= 4 is 5.69 Å². The number of nitrogens with zero attached hydrogens (tertiary/aromatic N) is 2. The van der Waals surface area contributed by atoms with Gasteiger partial charge in [-0.2, -0.15) is 0 Å². The molecule has 0 radical (unpaired) electrons. The van der Waals surface area contributed by atoms with E-state index in [1.165, 1.54) is 16.8 Å². The third-order valence-corrected chi connectivity index (χ3v) is 4.63. The predicted molar refractivity (Wildman–Crippen MR) is 87.5 cm³/mol. The van der Waals surface area contributed by atoms with Gasteiger partial charge in [-0.15, -0.1) is 0 Å². The van der Waals surface area contributed by atoms with Crippen molar-refractivity contribution in [3.8, 4) is 0 Å². The molecule has 0 aliphatic carbocycles. The summed E-state index contributed by atoms with van der Waals surface area (Å²) in [5.74, 6) is 0. The van der Waals surface area contributed by atoms with E-state index in [0.29, 0.717) is 6.04 Å². The summed E-state index contributed by atoms with van der Waals surface area (Å²) in [7, 11) is 0. The zero-order chi connectivity index (χ0) is 14.5.